The van der Waals surface area contributed by atoms with E-state index in [0.717, 1.165) is 19.5 Å². The molecule has 1 fully saturated rings. The highest BCUT2D eigenvalue weighted by atomic mass is 16.4. The minimum Gasteiger partial charge on any atom is -0.478 e. The van der Waals surface area contributed by atoms with Crippen LogP contribution in [-0.4, -0.2) is 53.5 Å². The monoisotopic (exact) mass is 263 g/mol. The molecule has 0 spiro atoms. The molecular weight excluding hydrogens is 246 g/mol. The van der Waals surface area contributed by atoms with Crippen molar-refractivity contribution in [2.24, 2.45) is 5.92 Å². The first-order valence-electron chi connectivity index (χ1n) is 6.21. The molecule has 1 aliphatic heterocycles. The van der Waals surface area contributed by atoms with E-state index in [9.17, 15) is 9.59 Å². The van der Waals surface area contributed by atoms with Crippen LogP contribution in [0.3, 0.4) is 0 Å². The maximum Gasteiger partial charge on any atom is 0.337 e. The summed E-state index contributed by atoms with van der Waals surface area (Å²) in [6.07, 6.45) is 3.68. The van der Waals surface area contributed by atoms with Crippen LogP contribution in [0.15, 0.2) is 18.5 Å². The second kappa shape index (κ2) is 5.79. The fourth-order valence-electron chi connectivity index (χ4n) is 2.21. The number of nitrogens with zero attached hydrogens (tertiary/aromatic N) is 2. The van der Waals surface area contributed by atoms with E-state index in [-0.39, 0.29) is 17.0 Å². The molecule has 1 aromatic rings. The van der Waals surface area contributed by atoms with Crippen molar-refractivity contribution < 1.29 is 14.7 Å². The third kappa shape index (κ3) is 3.51. The molecule has 0 radical (unpaired) electrons. The molecule has 6 heteroatoms. The highest BCUT2D eigenvalue weighted by Crippen LogP contribution is 2.13. The first-order chi connectivity index (χ1) is 9.06. The van der Waals surface area contributed by atoms with Crippen molar-refractivity contribution in [2.45, 2.75) is 6.42 Å². The molecule has 1 aromatic heterocycles. The molecule has 0 aromatic carbocycles. The molecule has 6 nitrogen and oxygen atoms in total. The zero-order valence-electron chi connectivity index (χ0n) is 10.8. The summed E-state index contributed by atoms with van der Waals surface area (Å²) in [5.74, 6) is -0.894. The van der Waals surface area contributed by atoms with E-state index in [0.29, 0.717) is 12.5 Å². The Morgan fingerprint density at radius 3 is 2.84 bits per heavy atom. The molecule has 2 heterocycles. The van der Waals surface area contributed by atoms with Crippen LogP contribution in [0.25, 0.3) is 0 Å². The number of likely N-dealkylation sites (tertiary alicyclic amines) is 1. The summed E-state index contributed by atoms with van der Waals surface area (Å²) in [6.45, 7) is 2.64. The van der Waals surface area contributed by atoms with Gasteiger partial charge >= 0.3 is 5.97 Å². The summed E-state index contributed by atoms with van der Waals surface area (Å²) in [6, 6.07) is 1.34. The summed E-state index contributed by atoms with van der Waals surface area (Å²) in [7, 11) is 2.06. The van der Waals surface area contributed by atoms with Gasteiger partial charge in [0.05, 0.1) is 11.1 Å². The molecule has 102 valence electrons. The van der Waals surface area contributed by atoms with Crippen LogP contribution in [0, 0.1) is 5.92 Å². The quantitative estimate of drug-likeness (QED) is 0.824. The average molecular weight is 263 g/mol. The van der Waals surface area contributed by atoms with Gasteiger partial charge in [0.15, 0.2) is 0 Å². The lowest BCUT2D eigenvalue weighted by Crippen LogP contribution is -2.30. The molecular formula is C13H17N3O3. The number of carboxylic acids is 1. The van der Waals surface area contributed by atoms with Crippen LogP contribution in [-0.2, 0) is 0 Å². The fraction of sp³-hybridized carbons (Fsp3) is 0.462. The van der Waals surface area contributed by atoms with E-state index in [1.165, 1.54) is 18.5 Å². The van der Waals surface area contributed by atoms with Gasteiger partial charge in [0, 0.05) is 25.5 Å². The molecule has 0 aliphatic carbocycles. The van der Waals surface area contributed by atoms with E-state index in [2.05, 4.69) is 22.2 Å². The van der Waals surface area contributed by atoms with Gasteiger partial charge in [-0.05, 0) is 32.0 Å². The summed E-state index contributed by atoms with van der Waals surface area (Å²) < 4.78 is 0. The van der Waals surface area contributed by atoms with E-state index in [4.69, 9.17) is 5.11 Å². The van der Waals surface area contributed by atoms with Crippen LogP contribution in [0.5, 0.6) is 0 Å². The number of carboxylic acid groups (broad SMARTS) is 1. The maximum atomic E-state index is 11.9. The summed E-state index contributed by atoms with van der Waals surface area (Å²) in [5.41, 5.74) is 0.305. The van der Waals surface area contributed by atoms with Gasteiger partial charge in [0.25, 0.3) is 5.91 Å². The van der Waals surface area contributed by atoms with Crippen LogP contribution in [0.1, 0.15) is 27.1 Å². The number of hydrogen-bond donors (Lipinski definition) is 2. The minimum absolute atomic E-state index is 0.0215. The molecule has 1 aliphatic rings. The van der Waals surface area contributed by atoms with Gasteiger partial charge in [-0.25, -0.2) is 4.79 Å². The molecule has 1 unspecified atom stereocenters. The Hall–Kier alpha value is -1.95. The van der Waals surface area contributed by atoms with E-state index >= 15 is 0 Å². The van der Waals surface area contributed by atoms with Crippen molar-refractivity contribution >= 4 is 11.9 Å². The molecule has 1 atom stereocenters. The number of pyridine rings is 1. The van der Waals surface area contributed by atoms with Crippen molar-refractivity contribution in [3.63, 3.8) is 0 Å². The first-order valence-corrected chi connectivity index (χ1v) is 6.21. The fourth-order valence-corrected chi connectivity index (χ4v) is 2.21. The Labute approximate surface area is 111 Å². The topological polar surface area (TPSA) is 82.5 Å². The number of carbonyl (C=O) groups is 2. The zero-order chi connectivity index (χ0) is 13.8. The van der Waals surface area contributed by atoms with Crippen molar-refractivity contribution in [1.82, 2.24) is 15.2 Å². The molecule has 1 saturated heterocycles. The average Bonchev–Trinajstić information content (AvgIpc) is 2.82. The second-order valence-corrected chi connectivity index (χ2v) is 4.89. The van der Waals surface area contributed by atoms with E-state index < -0.39 is 5.97 Å². The zero-order valence-corrected chi connectivity index (χ0v) is 10.8. The van der Waals surface area contributed by atoms with Gasteiger partial charge in [-0.2, -0.15) is 0 Å². The van der Waals surface area contributed by atoms with E-state index in [1.807, 2.05) is 0 Å². The third-order valence-electron chi connectivity index (χ3n) is 3.29. The van der Waals surface area contributed by atoms with Gasteiger partial charge in [-0.15, -0.1) is 0 Å². The van der Waals surface area contributed by atoms with Crippen LogP contribution in [0.4, 0.5) is 0 Å². The minimum atomic E-state index is -1.08. The Balaban J connectivity index is 1.92. The lowest BCUT2D eigenvalue weighted by Gasteiger charge is -2.11. The molecule has 0 saturated carbocycles. The predicted octanol–water partition coefficient (Wildman–Crippen LogP) is 0.461. The highest BCUT2D eigenvalue weighted by Gasteiger charge is 2.20. The molecule has 1 amide bonds. The highest BCUT2D eigenvalue weighted by molar-refractivity contribution is 5.96. The number of aromatic carboxylic acids is 1. The smallest absolute Gasteiger partial charge is 0.337 e. The summed E-state index contributed by atoms with van der Waals surface area (Å²) in [5, 5.41) is 11.7. The molecule has 19 heavy (non-hydrogen) atoms. The first kappa shape index (κ1) is 13.5. The normalized spacial score (nSPS) is 19.3. The summed E-state index contributed by atoms with van der Waals surface area (Å²) in [4.78, 5) is 28.7. The molecule has 0 bridgehead atoms. The number of aromatic nitrogens is 1. The SMILES string of the molecule is CN1CCC(CNC(=O)c2cncc(C(=O)O)c2)C1. The van der Waals surface area contributed by atoms with Crippen molar-refractivity contribution in [3.05, 3.63) is 29.6 Å². The number of hydrogen-bond acceptors (Lipinski definition) is 4. The summed E-state index contributed by atoms with van der Waals surface area (Å²) >= 11 is 0. The Kier molecular flexibility index (Phi) is 4.11. The van der Waals surface area contributed by atoms with Gasteiger partial charge in [0.2, 0.25) is 0 Å². The lowest BCUT2D eigenvalue weighted by molar-refractivity contribution is 0.0696. The Morgan fingerprint density at radius 1 is 1.47 bits per heavy atom. The van der Waals surface area contributed by atoms with Gasteiger partial charge in [0.1, 0.15) is 0 Å². The van der Waals surface area contributed by atoms with Crippen molar-refractivity contribution in [3.8, 4) is 0 Å². The number of rotatable bonds is 4. The van der Waals surface area contributed by atoms with Crippen molar-refractivity contribution in [2.75, 3.05) is 26.7 Å². The number of nitrogens with one attached hydrogen (secondary N) is 1. The maximum absolute atomic E-state index is 11.9. The Bertz CT molecular complexity index is 490. The van der Waals surface area contributed by atoms with Crippen LogP contribution >= 0.6 is 0 Å². The molecule has 2 rings (SSSR count). The number of carbonyl (C=O) groups excluding carboxylic acids is 1. The van der Waals surface area contributed by atoms with Crippen molar-refractivity contribution in [1.29, 1.82) is 0 Å². The van der Waals surface area contributed by atoms with Gasteiger partial charge < -0.3 is 15.3 Å². The van der Waals surface area contributed by atoms with E-state index in [1.54, 1.807) is 0 Å². The standard InChI is InChI=1S/C13H17N3O3/c1-16-3-2-9(8-16)5-15-12(17)10-4-11(13(18)19)7-14-6-10/h4,6-7,9H,2-3,5,8H2,1H3,(H,15,17)(H,18,19). The predicted molar refractivity (Wildman–Crippen MR) is 69.1 cm³/mol. The number of amides is 1. The Morgan fingerprint density at radius 2 is 2.21 bits per heavy atom. The second-order valence-electron chi connectivity index (χ2n) is 4.89. The lowest BCUT2D eigenvalue weighted by atomic mass is 10.1. The van der Waals surface area contributed by atoms with Crippen LogP contribution in [0.2, 0.25) is 0 Å². The molecule has 2 N–H and O–H groups in total. The van der Waals surface area contributed by atoms with Gasteiger partial charge in [-0.3, -0.25) is 9.78 Å². The van der Waals surface area contributed by atoms with Gasteiger partial charge in [-0.1, -0.05) is 0 Å². The largest absolute Gasteiger partial charge is 0.478 e. The van der Waals surface area contributed by atoms with Crippen LogP contribution < -0.4 is 5.32 Å². The third-order valence-corrected chi connectivity index (χ3v) is 3.29.